The first-order valence-corrected chi connectivity index (χ1v) is 7.29. The zero-order valence-corrected chi connectivity index (χ0v) is 12.6. The Hall–Kier alpha value is -2.51. The third kappa shape index (κ3) is 2.76. The second-order valence-corrected chi connectivity index (χ2v) is 5.63. The van der Waals surface area contributed by atoms with Crippen molar-refractivity contribution in [2.75, 3.05) is 18.0 Å². The fourth-order valence-corrected chi connectivity index (χ4v) is 2.81. The highest BCUT2D eigenvalue weighted by Crippen LogP contribution is 2.29. The molecule has 3 rings (SSSR count). The number of nitro groups is 1. The Morgan fingerprint density at radius 2 is 2.09 bits per heavy atom. The summed E-state index contributed by atoms with van der Waals surface area (Å²) in [6, 6.07) is 1.79. The minimum Gasteiger partial charge on any atom is -0.357 e. The zero-order valence-electron chi connectivity index (χ0n) is 12.6. The minimum atomic E-state index is -0.399. The topological polar surface area (TPSA) is 101 Å². The van der Waals surface area contributed by atoms with Gasteiger partial charge in [0.15, 0.2) is 5.82 Å². The standard InChI is InChI=1S/C14H18N6O2/c1-9-7-13(15-8-12(9)20(21)22)19-5-3-11(4-6-19)14-16-10(2)17-18-14/h7-8,11H,3-6H2,1-2H3,(H,16,17,18). The molecule has 1 aliphatic rings. The second-order valence-electron chi connectivity index (χ2n) is 5.63. The van der Waals surface area contributed by atoms with Crippen LogP contribution in [0.3, 0.4) is 0 Å². The van der Waals surface area contributed by atoms with E-state index in [1.54, 1.807) is 13.0 Å². The van der Waals surface area contributed by atoms with Gasteiger partial charge in [-0.15, -0.1) is 0 Å². The number of hydrogen-bond acceptors (Lipinski definition) is 6. The largest absolute Gasteiger partial charge is 0.357 e. The number of nitrogens with zero attached hydrogens (tertiary/aromatic N) is 5. The Morgan fingerprint density at radius 1 is 1.36 bits per heavy atom. The van der Waals surface area contributed by atoms with E-state index in [1.165, 1.54) is 6.20 Å². The SMILES string of the molecule is Cc1nc(C2CCN(c3cc(C)c([N+](=O)[O-])cn3)CC2)n[nH]1. The molecular formula is C14H18N6O2. The van der Waals surface area contributed by atoms with Crippen LogP contribution >= 0.6 is 0 Å². The van der Waals surface area contributed by atoms with Gasteiger partial charge in [-0.05, 0) is 32.8 Å². The quantitative estimate of drug-likeness (QED) is 0.688. The number of aromatic amines is 1. The van der Waals surface area contributed by atoms with Gasteiger partial charge in [0.1, 0.15) is 17.8 Å². The third-order valence-electron chi connectivity index (χ3n) is 4.06. The van der Waals surface area contributed by atoms with E-state index in [9.17, 15) is 10.1 Å². The molecule has 1 aliphatic heterocycles. The van der Waals surface area contributed by atoms with Gasteiger partial charge in [0.25, 0.3) is 5.69 Å². The first-order valence-electron chi connectivity index (χ1n) is 7.29. The third-order valence-corrected chi connectivity index (χ3v) is 4.06. The van der Waals surface area contributed by atoms with Gasteiger partial charge in [0, 0.05) is 24.6 Å². The van der Waals surface area contributed by atoms with Crippen molar-refractivity contribution in [1.82, 2.24) is 20.2 Å². The maximum absolute atomic E-state index is 10.8. The first-order chi connectivity index (χ1) is 10.5. The summed E-state index contributed by atoms with van der Waals surface area (Å²) in [5.74, 6) is 2.88. The number of anilines is 1. The van der Waals surface area contributed by atoms with Crippen molar-refractivity contribution in [2.24, 2.45) is 0 Å². The molecule has 0 atom stereocenters. The molecule has 2 aromatic heterocycles. The van der Waals surface area contributed by atoms with Crippen molar-refractivity contribution in [2.45, 2.75) is 32.6 Å². The van der Waals surface area contributed by atoms with Gasteiger partial charge in [-0.2, -0.15) is 5.10 Å². The lowest BCUT2D eigenvalue weighted by molar-refractivity contribution is -0.385. The molecule has 0 aromatic carbocycles. The molecule has 0 radical (unpaired) electrons. The maximum Gasteiger partial charge on any atom is 0.290 e. The molecule has 0 saturated carbocycles. The lowest BCUT2D eigenvalue weighted by atomic mass is 9.96. The molecular weight excluding hydrogens is 284 g/mol. The fourth-order valence-electron chi connectivity index (χ4n) is 2.81. The van der Waals surface area contributed by atoms with Crippen LogP contribution in [0.2, 0.25) is 0 Å². The van der Waals surface area contributed by atoms with Crippen molar-refractivity contribution in [3.63, 3.8) is 0 Å². The highest BCUT2D eigenvalue weighted by molar-refractivity contribution is 5.48. The van der Waals surface area contributed by atoms with Crippen molar-refractivity contribution in [3.8, 4) is 0 Å². The molecule has 22 heavy (non-hydrogen) atoms. The monoisotopic (exact) mass is 302 g/mol. The summed E-state index contributed by atoms with van der Waals surface area (Å²) in [6.45, 7) is 5.34. The van der Waals surface area contributed by atoms with E-state index in [1.807, 2.05) is 6.92 Å². The summed E-state index contributed by atoms with van der Waals surface area (Å²) in [5, 5.41) is 18.0. The second kappa shape index (κ2) is 5.70. The molecule has 0 aliphatic carbocycles. The van der Waals surface area contributed by atoms with E-state index < -0.39 is 4.92 Å². The van der Waals surface area contributed by atoms with Gasteiger partial charge in [0.05, 0.1) is 4.92 Å². The number of pyridine rings is 1. The Balaban J connectivity index is 1.68. The van der Waals surface area contributed by atoms with Gasteiger partial charge < -0.3 is 4.90 Å². The van der Waals surface area contributed by atoms with Crippen molar-refractivity contribution < 1.29 is 4.92 Å². The first kappa shape index (κ1) is 14.4. The smallest absolute Gasteiger partial charge is 0.290 e. The average Bonchev–Trinajstić information content (AvgIpc) is 2.93. The van der Waals surface area contributed by atoms with Crippen molar-refractivity contribution >= 4 is 11.5 Å². The van der Waals surface area contributed by atoms with Crippen LogP contribution in [-0.4, -0.2) is 38.2 Å². The summed E-state index contributed by atoms with van der Waals surface area (Å²) < 4.78 is 0. The number of aromatic nitrogens is 4. The van der Waals surface area contributed by atoms with Crippen LogP contribution in [0, 0.1) is 24.0 Å². The minimum absolute atomic E-state index is 0.0647. The normalized spacial score (nSPS) is 16.0. The van der Waals surface area contributed by atoms with Crippen LogP contribution in [-0.2, 0) is 0 Å². The van der Waals surface area contributed by atoms with E-state index in [2.05, 4.69) is 25.1 Å². The van der Waals surface area contributed by atoms with Gasteiger partial charge in [-0.1, -0.05) is 0 Å². The lowest BCUT2D eigenvalue weighted by Crippen LogP contribution is -2.33. The van der Waals surface area contributed by atoms with E-state index in [4.69, 9.17) is 0 Å². The molecule has 8 nitrogen and oxygen atoms in total. The zero-order chi connectivity index (χ0) is 15.7. The molecule has 0 bridgehead atoms. The Bertz CT molecular complexity index is 690. The van der Waals surface area contributed by atoms with Crippen LogP contribution in [0.4, 0.5) is 11.5 Å². The predicted molar refractivity (Wildman–Crippen MR) is 80.9 cm³/mol. The molecule has 1 saturated heterocycles. The van der Waals surface area contributed by atoms with E-state index in [0.717, 1.165) is 43.4 Å². The number of rotatable bonds is 3. The van der Waals surface area contributed by atoms with Crippen LogP contribution in [0.1, 0.15) is 36.0 Å². The van der Waals surface area contributed by atoms with E-state index >= 15 is 0 Å². The Kier molecular flexibility index (Phi) is 3.74. The number of piperidine rings is 1. The van der Waals surface area contributed by atoms with Crippen LogP contribution in [0.15, 0.2) is 12.3 Å². The molecule has 1 N–H and O–H groups in total. The van der Waals surface area contributed by atoms with Crippen molar-refractivity contribution in [1.29, 1.82) is 0 Å². The Labute approximate surface area is 127 Å². The molecule has 3 heterocycles. The summed E-state index contributed by atoms with van der Waals surface area (Å²) >= 11 is 0. The van der Waals surface area contributed by atoms with Crippen LogP contribution in [0.5, 0.6) is 0 Å². The number of aryl methyl sites for hydroxylation is 2. The summed E-state index contributed by atoms with van der Waals surface area (Å²) in [7, 11) is 0. The van der Waals surface area contributed by atoms with Gasteiger partial charge in [-0.3, -0.25) is 15.2 Å². The molecule has 0 unspecified atom stereocenters. The molecule has 116 valence electrons. The summed E-state index contributed by atoms with van der Waals surface area (Å²) in [4.78, 5) is 21.2. The summed E-state index contributed by atoms with van der Waals surface area (Å²) in [5.41, 5.74) is 0.705. The highest BCUT2D eigenvalue weighted by atomic mass is 16.6. The lowest BCUT2D eigenvalue weighted by Gasteiger charge is -2.31. The van der Waals surface area contributed by atoms with Crippen molar-refractivity contribution in [3.05, 3.63) is 39.6 Å². The molecule has 8 heteroatoms. The van der Waals surface area contributed by atoms with Gasteiger partial charge in [0.2, 0.25) is 0 Å². The van der Waals surface area contributed by atoms with E-state index in [-0.39, 0.29) is 5.69 Å². The average molecular weight is 302 g/mol. The number of hydrogen-bond donors (Lipinski definition) is 1. The Morgan fingerprint density at radius 3 is 2.64 bits per heavy atom. The number of H-pyrrole nitrogens is 1. The fraction of sp³-hybridized carbons (Fsp3) is 0.500. The predicted octanol–water partition coefficient (Wildman–Crippen LogP) is 2.11. The van der Waals surface area contributed by atoms with Gasteiger partial charge in [-0.25, -0.2) is 9.97 Å². The molecule has 0 amide bonds. The molecule has 2 aromatic rings. The summed E-state index contributed by atoms with van der Waals surface area (Å²) in [6.07, 6.45) is 3.25. The van der Waals surface area contributed by atoms with Crippen LogP contribution in [0.25, 0.3) is 0 Å². The molecule has 1 fully saturated rings. The number of nitrogens with one attached hydrogen (secondary N) is 1. The van der Waals surface area contributed by atoms with Crippen LogP contribution < -0.4 is 4.90 Å². The molecule has 0 spiro atoms. The highest BCUT2D eigenvalue weighted by Gasteiger charge is 2.25. The maximum atomic E-state index is 10.8. The van der Waals surface area contributed by atoms with E-state index in [0.29, 0.717) is 11.5 Å². The van der Waals surface area contributed by atoms with Gasteiger partial charge >= 0.3 is 0 Å².